The second kappa shape index (κ2) is 14.9. The number of carbonyl (C=O) groups is 1. The molecule has 14 heteroatoms. The molecule has 14 nitrogen and oxygen atoms in total. The van der Waals surface area contributed by atoms with Crippen molar-refractivity contribution >= 4 is 29.4 Å². The number of ether oxygens (including phenoxy) is 1. The van der Waals surface area contributed by atoms with Crippen molar-refractivity contribution < 1.29 is 34.5 Å². The van der Waals surface area contributed by atoms with Crippen LogP contribution in [0.25, 0.3) is 11.2 Å². The molecule has 0 aliphatic carbocycles. The first-order valence-corrected chi connectivity index (χ1v) is 14.3. The quantitative estimate of drug-likeness (QED) is 0.118. The molecule has 232 valence electrons. The van der Waals surface area contributed by atoms with E-state index in [2.05, 4.69) is 29.3 Å². The molecule has 4 aromatic rings. The van der Waals surface area contributed by atoms with Crippen molar-refractivity contribution in [1.29, 1.82) is 0 Å². The molecule has 4 atom stereocenters. The number of nitrogens with one attached hydrogen (secondary N) is 1. The Labute approximate surface area is 249 Å². The van der Waals surface area contributed by atoms with Crippen LogP contribution in [0.15, 0.2) is 47.2 Å². The van der Waals surface area contributed by atoms with Crippen molar-refractivity contribution in [3.05, 3.63) is 59.7 Å². The minimum absolute atomic E-state index is 0.154. The summed E-state index contributed by atoms with van der Waals surface area (Å²) in [5, 5.41) is 46.5. The summed E-state index contributed by atoms with van der Waals surface area (Å²) >= 11 is 0. The van der Waals surface area contributed by atoms with Gasteiger partial charge in [-0.05, 0) is 31.2 Å². The summed E-state index contributed by atoms with van der Waals surface area (Å²) in [6, 6.07) is 11.9. The Morgan fingerprint density at radius 1 is 1.12 bits per heavy atom. The lowest BCUT2D eigenvalue weighted by molar-refractivity contribution is -0.122. The normalized spacial score (nSPS) is 19.8. The van der Waals surface area contributed by atoms with Crippen molar-refractivity contribution in [2.75, 3.05) is 23.5 Å². The molecule has 0 unspecified atom stereocenters. The first kappa shape index (κ1) is 31.8. The van der Waals surface area contributed by atoms with Crippen molar-refractivity contribution in [2.24, 2.45) is 0 Å². The number of aromatic nitrogens is 5. The third kappa shape index (κ3) is 7.10. The number of aliphatic hydroxyl groups is 3. The van der Waals surface area contributed by atoms with E-state index in [9.17, 15) is 15.3 Å². The van der Waals surface area contributed by atoms with Gasteiger partial charge in [0, 0.05) is 18.7 Å². The highest BCUT2D eigenvalue weighted by Gasteiger charge is 2.47. The first-order valence-electron chi connectivity index (χ1n) is 14.3. The fourth-order valence-corrected chi connectivity index (χ4v) is 4.92. The molecule has 43 heavy (non-hydrogen) atoms. The van der Waals surface area contributed by atoms with Crippen LogP contribution in [0.2, 0.25) is 0 Å². The lowest BCUT2D eigenvalue weighted by Crippen LogP contribution is -2.30. The van der Waals surface area contributed by atoms with Gasteiger partial charge in [0.2, 0.25) is 5.95 Å². The summed E-state index contributed by atoms with van der Waals surface area (Å²) in [4.78, 5) is 24.1. The molecule has 3 aromatic heterocycles. The molecule has 0 saturated carbocycles. The molecule has 0 spiro atoms. The zero-order valence-electron chi connectivity index (χ0n) is 24.4. The SMILES string of the molecule is CCc1cc([C@H]2O[C@@H](n3cnc4c(NC(CC)CC)nc(N(CO)CCc5ccccc5)nc43)[C@H](O)[C@@H]2O)on1.O=CO. The predicted molar refractivity (Wildman–Crippen MR) is 157 cm³/mol. The summed E-state index contributed by atoms with van der Waals surface area (Å²) in [6.45, 7) is 6.08. The Balaban J connectivity index is 0.00000135. The van der Waals surface area contributed by atoms with Crippen LogP contribution in [0.4, 0.5) is 11.8 Å². The number of fused-ring (bicyclic) bond motifs is 1. The lowest BCUT2D eigenvalue weighted by atomic mass is 10.1. The van der Waals surface area contributed by atoms with Gasteiger partial charge in [-0.3, -0.25) is 9.36 Å². The van der Waals surface area contributed by atoms with E-state index in [-0.39, 0.29) is 19.2 Å². The molecule has 5 N–H and O–H groups in total. The molecular formula is C29H39N7O7. The van der Waals surface area contributed by atoms with Gasteiger partial charge in [0.1, 0.15) is 25.0 Å². The second-order valence-electron chi connectivity index (χ2n) is 10.1. The molecule has 1 aliphatic rings. The van der Waals surface area contributed by atoms with Crippen molar-refractivity contribution in [3.63, 3.8) is 0 Å². The number of rotatable bonds is 12. The second-order valence-corrected chi connectivity index (χ2v) is 10.1. The van der Waals surface area contributed by atoms with Gasteiger partial charge in [0.05, 0.1) is 12.0 Å². The van der Waals surface area contributed by atoms with Gasteiger partial charge in [0.15, 0.2) is 29.0 Å². The molecule has 1 aromatic carbocycles. The fourth-order valence-electron chi connectivity index (χ4n) is 4.92. The van der Waals surface area contributed by atoms with Gasteiger partial charge in [0.25, 0.3) is 6.47 Å². The zero-order chi connectivity index (χ0) is 30.9. The van der Waals surface area contributed by atoms with Crippen LogP contribution in [-0.4, -0.2) is 83.1 Å². The minimum Gasteiger partial charge on any atom is -0.483 e. The average Bonchev–Trinajstić information content (AvgIpc) is 3.75. The molecule has 0 amide bonds. The summed E-state index contributed by atoms with van der Waals surface area (Å²) in [7, 11) is 0. The van der Waals surface area contributed by atoms with Crippen molar-refractivity contribution in [1.82, 2.24) is 24.7 Å². The van der Waals surface area contributed by atoms with E-state index in [1.54, 1.807) is 15.5 Å². The maximum absolute atomic E-state index is 11.0. The summed E-state index contributed by atoms with van der Waals surface area (Å²) in [5.41, 5.74) is 2.76. The minimum atomic E-state index is -1.28. The van der Waals surface area contributed by atoms with Gasteiger partial charge in [-0.25, -0.2) is 4.98 Å². The molecule has 0 bridgehead atoms. The van der Waals surface area contributed by atoms with Crippen LogP contribution in [0.1, 0.15) is 63.0 Å². The van der Waals surface area contributed by atoms with E-state index in [0.717, 1.165) is 24.1 Å². The number of hydrogen-bond donors (Lipinski definition) is 5. The van der Waals surface area contributed by atoms with Crippen molar-refractivity contribution in [3.8, 4) is 0 Å². The Morgan fingerprint density at radius 3 is 2.47 bits per heavy atom. The number of carboxylic acid groups (broad SMARTS) is 1. The number of hydrogen-bond acceptors (Lipinski definition) is 12. The summed E-state index contributed by atoms with van der Waals surface area (Å²) in [6.07, 6.45) is 0.214. The van der Waals surface area contributed by atoms with E-state index in [4.69, 9.17) is 29.1 Å². The summed E-state index contributed by atoms with van der Waals surface area (Å²) in [5.74, 6) is 1.18. The summed E-state index contributed by atoms with van der Waals surface area (Å²) < 4.78 is 13.1. The number of anilines is 2. The maximum atomic E-state index is 11.0. The van der Waals surface area contributed by atoms with E-state index < -0.39 is 24.5 Å². The van der Waals surface area contributed by atoms with Gasteiger partial charge in [-0.2, -0.15) is 9.97 Å². The Kier molecular flexibility index (Phi) is 11.0. The zero-order valence-corrected chi connectivity index (χ0v) is 24.4. The van der Waals surface area contributed by atoms with Crippen LogP contribution >= 0.6 is 0 Å². The maximum Gasteiger partial charge on any atom is 0.290 e. The largest absolute Gasteiger partial charge is 0.483 e. The fraction of sp³-hybridized carbons (Fsp3) is 0.483. The van der Waals surface area contributed by atoms with E-state index in [1.807, 2.05) is 37.3 Å². The highest BCUT2D eigenvalue weighted by Crippen LogP contribution is 2.40. The molecule has 5 rings (SSSR count). The highest BCUT2D eigenvalue weighted by atomic mass is 16.6. The van der Waals surface area contributed by atoms with Gasteiger partial charge >= 0.3 is 0 Å². The van der Waals surface area contributed by atoms with E-state index >= 15 is 0 Å². The molecule has 0 radical (unpaired) electrons. The number of benzene rings is 1. The molecule has 1 aliphatic heterocycles. The monoisotopic (exact) mass is 597 g/mol. The van der Waals surface area contributed by atoms with Crippen molar-refractivity contribution in [2.45, 2.75) is 77.0 Å². The molecule has 1 saturated heterocycles. The van der Waals surface area contributed by atoms with Crippen LogP contribution in [0.5, 0.6) is 0 Å². The Morgan fingerprint density at radius 2 is 1.84 bits per heavy atom. The Hall–Kier alpha value is -4.11. The first-order chi connectivity index (χ1) is 20.9. The van der Waals surface area contributed by atoms with Crippen LogP contribution in [0, 0.1) is 0 Å². The third-order valence-electron chi connectivity index (χ3n) is 7.44. The highest BCUT2D eigenvalue weighted by molar-refractivity contribution is 5.84. The lowest BCUT2D eigenvalue weighted by Gasteiger charge is -2.23. The molecular weight excluding hydrogens is 558 g/mol. The molecule has 1 fully saturated rings. The van der Waals surface area contributed by atoms with Crippen LogP contribution in [0.3, 0.4) is 0 Å². The Bertz CT molecular complexity index is 1440. The van der Waals surface area contributed by atoms with Crippen LogP contribution < -0.4 is 10.2 Å². The smallest absolute Gasteiger partial charge is 0.290 e. The van der Waals surface area contributed by atoms with Gasteiger partial charge in [-0.15, -0.1) is 0 Å². The number of nitrogens with zero attached hydrogens (tertiary/aromatic N) is 6. The number of imidazole rings is 1. The molecule has 4 heterocycles. The predicted octanol–water partition coefficient (Wildman–Crippen LogP) is 2.67. The van der Waals surface area contributed by atoms with Gasteiger partial charge < -0.3 is 39.9 Å². The third-order valence-corrected chi connectivity index (χ3v) is 7.44. The van der Waals surface area contributed by atoms with Gasteiger partial charge in [-0.1, -0.05) is 56.3 Å². The van der Waals surface area contributed by atoms with E-state index in [1.165, 1.54) is 6.33 Å². The average molecular weight is 598 g/mol. The van der Waals surface area contributed by atoms with E-state index in [0.29, 0.717) is 48.1 Å². The number of aryl methyl sites for hydroxylation is 1. The standard InChI is InChI=1S/C28H37N7O5.CH2O2/c1-4-18(5-2)30-25-21-26(32-28(31-25)34(16-36)13-12-17-10-8-7-9-11-17)35(15-29-21)27-23(38)22(37)24(39-27)20-14-19(6-3)33-40-20;2-1-3/h7-11,14-15,18,22-24,27,36-38H,4-6,12-13,16H2,1-3H3,(H,30,31,32);1H,(H,2,3)/t22-,23+,24+,27+;/m0./s1. The topological polar surface area (TPSA) is 192 Å². The van der Waals surface area contributed by atoms with Crippen LogP contribution in [-0.2, 0) is 22.4 Å². The number of aliphatic hydroxyl groups excluding tert-OH is 3.